The molecule has 0 aliphatic carbocycles. The van der Waals surface area contributed by atoms with Crippen molar-refractivity contribution in [1.29, 1.82) is 0 Å². The van der Waals surface area contributed by atoms with Crippen LogP contribution in [0.25, 0.3) is 20.8 Å². The minimum atomic E-state index is 0.875. The van der Waals surface area contributed by atoms with Crippen LogP contribution in [-0.2, 0) is 4.55 Å². The van der Waals surface area contributed by atoms with E-state index in [1.807, 2.05) is 6.92 Å². The Morgan fingerprint density at radius 1 is 1.29 bits per heavy atom. The van der Waals surface area contributed by atoms with Gasteiger partial charge in [0.15, 0.2) is 5.82 Å². The largest absolute Gasteiger partial charge is 0.301 e. The number of halogens is 1. The van der Waals surface area contributed by atoms with Crippen LogP contribution < -0.4 is 0 Å². The number of fused-ring (bicyclic) bond motifs is 1. The topological polar surface area (TPSA) is 30.7 Å². The Morgan fingerprint density at radius 3 is 2.88 bits per heavy atom. The molecule has 3 nitrogen and oxygen atoms in total. The molecule has 0 aliphatic rings. The first-order valence-electron chi connectivity index (χ1n) is 5.24. The SMILES string of the molecule is Cc1nnc(-c2cc3ccccc3s2)n1CI. The molecule has 3 aromatic rings. The molecule has 2 heterocycles. The molecule has 17 heavy (non-hydrogen) atoms. The van der Waals surface area contributed by atoms with Gasteiger partial charge in [0.1, 0.15) is 5.82 Å². The van der Waals surface area contributed by atoms with Gasteiger partial charge >= 0.3 is 0 Å². The molecule has 0 unspecified atom stereocenters. The zero-order chi connectivity index (χ0) is 11.8. The zero-order valence-corrected chi connectivity index (χ0v) is 12.2. The summed E-state index contributed by atoms with van der Waals surface area (Å²) in [7, 11) is 0. The van der Waals surface area contributed by atoms with E-state index in [2.05, 4.69) is 67.7 Å². The number of benzene rings is 1. The van der Waals surface area contributed by atoms with E-state index in [4.69, 9.17) is 0 Å². The summed E-state index contributed by atoms with van der Waals surface area (Å²) >= 11 is 4.10. The van der Waals surface area contributed by atoms with Gasteiger partial charge in [-0.05, 0) is 24.4 Å². The standard InChI is InChI=1S/C12H10IN3S/c1-8-14-15-12(16(8)7-13)11-6-9-4-2-3-5-10(9)17-11/h2-6H,7H2,1H3. The van der Waals surface area contributed by atoms with Crippen LogP contribution in [0.1, 0.15) is 5.82 Å². The molecule has 5 heteroatoms. The quantitative estimate of drug-likeness (QED) is 0.516. The first-order valence-corrected chi connectivity index (χ1v) is 7.58. The maximum Gasteiger partial charge on any atom is 0.174 e. The average Bonchev–Trinajstić information content (AvgIpc) is 2.91. The van der Waals surface area contributed by atoms with Crippen molar-refractivity contribution in [3.05, 3.63) is 36.2 Å². The van der Waals surface area contributed by atoms with Gasteiger partial charge < -0.3 is 4.57 Å². The molecule has 0 saturated heterocycles. The Bertz CT molecular complexity index is 638. The molecular weight excluding hydrogens is 345 g/mol. The van der Waals surface area contributed by atoms with Gasteiger partial charge in [0.25, 0.3) is 0 Å². The minimum Gasteiger partial charge on any atom is -0.301 e. The minimum absolute atomic E-state index is 0.875. The molecule has 0 N–H and O–H groups in total. The Hall–Kier alpha value is -0.950. The zero-order valence-electron chi connectivity index (χ0n) is 9.22. The van der Waals surface area contributed by atoms with E-state index in [-0.39, 0.29) is 0 Å². The first kappa shape index (κ1) is 11.2. The van der Waals surface area contributed by atoms with Crippen molar-refractivity contribution in [2.24, 2.45) is 0 Å². The number of thiophene rings is 1. The lowest BCUT2D eigenvalue weighted by Gasteiger charge is -2.00. The predicted molar refractivity (Wildman–Crippen MR) is 79.6 cm³/mol. The van der Waals surface area contributed by atoms with Crippen molar-refractivity contribution in [3.8, 4) is 10.7 Å². The normalized spacial score (nSPS) is 11.2. The van der Waals surface area contributed by atoms with Crippen LogP contribution >= 0.6 is 33.9 Å². The third-order valence-electron chi connectivity index (χ3n) is 2.70. The number of rotatable bonds is 2. The third-order valence-corrected chi connectivity index (χ3v) is 4.50. The number of nitrogens with zero attached hydrogens (tertiary/aromatic N) is 3. The molecule has 0 aliphatic heterocycles. The highest BCUT2D eigenvalue weighted by molar-refractivity contribution is 14.1. The van der Waals surface area contributed by atoms with Crippen LogP contribution in [0.15, 0.2) is 30.3 Å². The van der Waals surface area contributed by atoms with Gasteiger partial charge in [-0.15, -0.1) is 21.5 Å². The van der Waals surface area contributed by atoms with Crippen molar-refractivity contribution < 1.29 is 0 Å². The monoisotopic (exact) mass is 355 g/mol. The van der Waals surface area contributed by atoms with E-state index in [1.165, 1.54) is 15.0 Å². The highest BCUT2D eigenvalue weighted by Gasteiger charge is 2.12. The van der Waals surface area contributed by atoms with Crippen molar-refractivity contribution >= 4 is 44.0 Å². The molecule has 0 radical (unpaired) electrons. The maximum atomic E-state index is 4.27. The Balaban J connectivity index is 2.20. The highest BCUT2D eigenvalue weighted by atomic mass is 127. The molecule has 1 aromatic carbocycles. The van der Waals surface area contributed by atoms with E-state index in [0.717, 1.165) is 16.2 Å². The van der Waals surface area contributed by atoms with E-state index in [0.29, 0.717) is 0 Å². The van der Waals surface area contributed by atoms with Gasteiger partial charge in [-0.3, -0.25) is 0 Å². The van der Waals surface area contributed by atoms with Crippen LogP contribution in [0.4, 0.5) is 0 Å². The van der Waals surface area contributed by atoms with Gasteiger partial charge in [0.05, 0.1) is 9.43 Å². The summed E-state index contributed by atoms with van der Waals surface area (Å²) in [5.74, 6) is 1.94. The van der Waals surface area contributed by atoms with Crippen molar-refractivity contribution in [3.63, 3.8) is 0 Å². The summed E-state index contributed by atoms with van der Waals surface area (Å²) in [4.78, 5) is 1.18. The third kappa shape index (κ3) is 1.87. The molecular formula is C12H10IN3S. The number of alkyl halides is 1. The molecule has 0 spiro atoms. The molecule has 2 aromatic heterocycles. The van der Waals surface area contributed by atoms with Crippen LogP contribution in [0.3, 0.4) is 0 Å². The fourth-order valence-electron chi connectivity index (χ4n) is 1.80. The van der Waals surface area contributed by atoms with Crippen molar-refractivity contribution in [1.82, 2.24) is 14.8 Å². The summed E-state index contributed by atoms with van der Waals surface area (Å²) in [6.07, 6.45) is 0. The summed E-state index contributed by atoms with van der Waals surface area (Å²) in [6.45, 7) is 1.99. The Kier molecular flexibility index (Phi) is 2.87. The molecule has 0 atom stereocenters. The van der Waals surface area contributed by atoms with Crippen LogP contribution in [0.5, 0.6) is 0 Å². The summed E-state index contributed by atoms with van der Waals surface area (Å²) < 4.78 is 4.30. The first-order chi connectivity index (χ1) is 8.29. The van der Waals surface area contributed by atoms with Gasteiger partial charge in [-0.1, -0.05) is 40.8 Å². The number of hydrogen-bond donors (Lipinski definition) is 0. The van der Waals surface area contributed by atoms with Crippen LogP contribution in [-0.4, -0.2) is 14.8 Å². The fraction of sp³-hybridized carbons (Fsp3) is 0.167. The average molecular weight is 355 g/mol. The molecule has 86 valence electrons. The van der Waals surface area contributed by atoms with Crippen molar-refractivity contribution in [2.75, 3.05) is 0 Å². The lowest BCUT2D eigenvalue weighted by Crippen LogP contribution is -1.96. The second-order valence-electron chi connectivity index (χ2n) is 3.77. The molecule has 0 amide bonds. The molecule has 0 fully saturated rings. The lowest BCUT2D eigenvalue weighted by molar-refractivity contribution is 0.866. The van der Waals surface area contributed by atoms with Gasteiger partial charge in [0, 0.05) is 4.70 Å². The summed E-state index contributed by atoms with van der Waals surface area (Å²) in [5, 5.41) is 9.69. The number of hydrogen-bond acceptors (Lipinski definition) is 3. The van der Waals surface area contributed by atoms with Gasteiger partial charge in [-0.2, -0.15) is 0 Å². The summed E-state index contributed by atoms with van der Waals surface area (Å²) in [6, 6.07) is 10.6. The lowest BCUT2D eigenvalue weighted by atomic mass is 10.2. The fourth-order valence-corrected chi connectivity index (χ4v) is 3.67. The van der Waals surface area contributed by atoms with E-state index >= 15 is 0 Å². The second kappa shape index (κ2) is 4.38. The van der Waals surface area contributed by atoms with Crippen LogP contribution in [0, 0.1) is 6.92 Å². The summed E-state index contributed by atoms with van der Waals surface area (Å²) in [5.41, 5.74) is 0. The Morgan fingerprint density at radius 2 is 2.12 bits per heavy atom. The van der Waals surface area contributed by atoms with Crippen molar-refractivity contribution in [2.45, 2.75) is 11.5 Å². The van der Waals surface area contributed by atoms with E-state index in [1.54, 1.807) is 11.3 Å². The van der Waals surface area contributed by atoms with E-state index < -0.39 is 0 Å². The van der Waals surface area contributed by atoms with Gasteiger partial charge in [-0.25, -0.2) is 0 Å². The second-order valence-corrected chi connectivity index (χ2v) is 5.53. The highest BCUT2D eigenvalue weighted by Crippen LogP contribution is 2.32. The van der Waals surface area contributed by atoms with E-state index in [9.17, 15) is 0 Å². The number of aromatic nitrogens is 3. The molecule has 3 rings (SSSR count). The molecule has 0 saturated carbocycles. The van der Waals surface area contributed by atoms with Crippen LogP contribution in [0.2, 0.25) is 0 Å². The number of aryl methyl sites for hydroxylation is 1. The predicted octanol–water partition coefficient (Wildman–Crippen LogP) is 3.86. The molecule has 0 bridgehead atoms. The Labute approximate surface area is 117 Å². The smallest absolute Gasteiger partial charge is 0.174 e. The maximum absolute atomic E-state index is 4.27. The van der Waals surface area contributed by atoms with Gasteiger partial charge in [0.2, 0.25) is 0 Å².